The molecule has 1 atom stereocenters. The van der Waals surface area contributed by atoms with E-state index in [2.05, 4.69) is 22.9 Å². The van der Waals surface area contributed by atoms with E-state index in [0.717, 1.165) is 76.2 Å². The molecule has 2 amide bonds. The average Bonchev–Trinajstić information content (AvgIpc) is 3.31. The van der Waals surface area contributed by atoms with Gasteiger partial charge in [0, 0.05) is 69.2 Å². The van der Waals surface area contributed by atoms with Crippen LogP contribution in [-0.2, 0) is 11.3 Å². The Morgan fingerprint density at radius 1 is 1.03 bits per heavy atom. The third-order valence-electron chi connectivity index (χ3n) is 8.43. The summed E-state index contributed by atoms with van der Waals surface area (Å²) < 4.78 is 0. The molecule has 0 radical (unpaired) electrons. The lowest BCUT2D eigenvalue weighted by Gasteiger charge is -2.47. The fourth-order valence-corrected chi connectivity index (χ4v) is 6.58. The summed E-state index contributed by atoms with van der Waals surface area (Å²) in [5.74, 6) is 0.451. The Bertz CT molecular complexity index is 1030. The van der Waals surface area contributed by atoms with Gasteiger partial charge in [0.15, 0.2) is 0 Å². The molecular formula is C27H34N4O2. The molecule has 3 saturated heterocycles. The Kier molecular flexibility index (Phi) is 5.73. The summed E-state index contributed by atoms with van der Waals surface area (Å²) in [7, 11) is 0. The monoisotopic (exact) mass is 446 g/mol. The SMILES string of the molecule is CCN1CCC2(CN(Cc3cccnc3)CC23CCN(C(=O)c2ccccc2C)CC3)C1=O. The van der Waals surface area contributed by atoms with Gasteiger partial charge >= 0.3 is 0 Å². The number of carbonyl (C=O) groups excluding carboxylic acids is 2. The van der Waals surface area contributed by atoms with Gasteiger partial charge in [0.05, 0.1) is 5.41 Å². The van der Waals surface area contributed by atoms with Crippen LogP contribution in [0.3, 0.4) is 0 Å². The minimum atomic E-state index is -0.330. The average molecular weight is 447 g/mol. The van der Waals surface area contributed by atoms with Gasteiger partial charge in [-0.25, -0.2) is 0 Å². The lowest BCUT2D eigenvalue weighted by atomic mass is 9.60. The summed E-state index contributed by atoms with van der Waals surface area (Å²) in [6.45, 7) is 9.68. The lowest BCUT2D eigenvalue weighted by Crippen LogP contribution is -2.53. The zero-order chi connectivity index (χ0) is 23.1. The molecule has 4 heterocycles. The molecule has 174 valence electrons. The highest BCUT2D eigenvalue weighted by atomic mass is 16.2. The van der Waals surface area contributed by atoms with E-state index in [1.807, 2.05) is 53.3 Å². The molecule has 0 aliphatic carbocycles. The van der Waals surface area contributed by atoms with Gasteiger partial charge in [-0.1, -0.05) is 24.3 Å². The summed E-state index contributed by atoms with van der Waals surface area (Å²) in [4.78, 5) is 37.7. The molecule has 0 saturated carbocycles. The molecule has 5 rings (SSSR count). The van der Waals surface area contributed by atoms with Crippen molar-refractivity contribution in [2.24, 2.45) is 10.8 Å². The van der Waals surface area contributed by atoms with Gasteiger partial charge < -0.3 is 9.80 Å². The molecule has 2 aromatic rings. The number of amides is 2. The maximum atomic E-state index is 13.7. The first-order valence-corrected chi connectivity index (χ1v) is 12.2. The number of pyridine rings is 1. The van der Waals surface area contributed by atoms with Crippen molar-refractivity contribution in [3.8, 4) is 0 Å². The molecule has 1 aromatic heterocycles. The first kappa shape index (κ1) is 22.1. The van der Waals surface area contributed by atoms with Crippen LogP contribution in [0.1, 0.15) is 47.7 Å². The maximum absolute atomic E-state index is 13.7. The molecular weight excluding hydrogens is 412 g/mol. The lowest BCUT2D eigenvalue weighted by molar-refractivity contribution is -0.141. The van der Waals surface area contributed by atoms with E-state index in [1.165, 1.54) is 5.56 Å². The normalized spacial score (nSPS) is 24.8. The number of carbonyl (C=O) groups is 2. The van der Waals surface area contributed by atoms with Crippen LogP contribution in [0.25, 0.3) is 0 Å². The number of aryl methyl sites for hydroxylation is 1. The smallest absolute Gasteiger partial charge is 0.254 e. The molecule has 1 aromatic carbocycles. The standard InChI is InChI=1S/C27H34N4O2/c1-3-30-16-12-27(25(30)33)20-29(18-22-8-6-13-28-17-22)19-26(27)10-14-31(15-11-26)24(32)23-9-5-4-7-21(23)2/h4-9,13,17H,3,10-12,14-16,18-20H2,1-2H3. The summed E-state index contributed by atoms with van der Waals surface area (Å²) in [5, 5.41) is 0. The Morgan fingerprint density at radius 2 is 1.82 bits per heavy atom. The van der Waals surface area contributed by atoms with E-state index in [1.54, 1.807) is 6.20 Å². The summed E-state index contributed by atoms with van der Waals surface area (Å²) in [6, 6.07) is 11.9. The van der Waals surface area contributed by atoms with Crippen molar-refractivity contribution >= 4 is 11.8 Å². The van der Waals surface area contributed by atoms with Crippen LogP contribution in [0.15, 0.2) is 48.8 Å². The maximum Gasteiger partial charge on any atom is 0.254 e. The van der Waals surface area contributed by atoms with Crippen molar-refractivity contribution < 1.29 is 9.59 Å². The highest BCUT2D eigenvalue weighted by molar-refractivity contribution is 5.95. The van der Waals surface area contributed by atoms with E-state index in [-0.39, 0.29) is 16.7 Å². The number of likely N-dealkylation sites (tertiary alicyclic amines) is 3. The van der Waals surface area contributed by atoms with Crippen LogP contribution in [0, 0.1) is 17.8 Å². The van der Waals surface area contributed by atoms with Crippen LogP contribution < -0.4 is 0 Å². The van der Waals surface area contributed by atoms with Crippen LogP contribution in [-0.4, -0.2) is 70.8 Å². The fourth-order valence-electron chi connectivity index (χ4n) is 6.58. The number of benzene rings is 1. The molecule has 0 bridgehead atoms. The zero-order valence-electron chi connectivity index (χ0n) is 19.8. The number of hydrogen-bond donors (Lipinski definition) is 0. The predicted octanol–water partition coefficient (Wildman–Crippen LogP) is 3.37. The number of nitrogens with zero attached hydrogens (tertiary/aromatic N) is 4. The van der Waals surface area contributed by atoms with Gasteiger partial charge in [-0.15, -0.1) is 0 Å². The van der Waals surface area contributed by atoms with Crippen LogP contribution in [0.2, 0.25) is 0 Å². The Balaban J connectivity index is 1.38. The van der Waals surface area contributed by atoms with Gasteiger partial charge in [-0.3, -0.25) is 19.5 Å². The third kappa shape index (κ3) is 3.65. The van der Waals surface area contributed by atoms with Crippen LogP contribution >= 0.6 is 0 Å². The van der Waals surface area contributed by atoms with Crippen molar-refractivity contribution in [3.05, 3.63) is 65.5 Å². The molecule has 3 fully saturated rings. The van der Waals surface area contributed by atoms with Crippen LogP contribution in [0.4, 0.5) is 0 Å². The molecule has 6 nitrogen and oxygen atoms in total. The topological polar surface area (TPSA) is 56.8 Å². The quantitative estimate of drug-likeness (QED) is 0.723. The second-order valence-electron chi connectivity index (χ2n) is 10.1. The van der Waals surface area contributed by atoms with Gasteiger partial charge in [-0.05, 0) is 56.4 Å². The first-order chi connectivity index (χ1) is 16.0. The van der Waals surface area contributed by atoms with Gasteiger partial charge in [-0.2, -0.15) is 0 Å². The summed E-state index contributed by atoms with van der Waals surface area (Å²) in [6.07, 6.45) is 6.43. The first-order valence-electron chi connectivity index (χ1n) is 12.2. The van der Waals surface area contributed by atoms with Crippen molar-refractivity contribution in [2.45, 2.75) is 39.7 Å². The molecule has 6 heteroatoms. The van der Waals surface area contributed by atoms with E-state index in [0.29, 0.717) is 5.91 Å². The third-order valence-corrected chi connectivity index (χ3v) is 8.43. The van der Waals surface area contributed by atoms with Crippen LogP contribution in [0.5, 0.6) is 0 Å². The number of fused-ring (bicyclic) bond motifs is 1. The summed E-state index contributed by atoms with van der Waals surface area (Å²) in [5.41, 5.74) is 2.60. The number of rotatable bonds is 4. The Hall–Kier alpha value is -2.73. The number of piperidine rings is 1. The van der Waals surface area contributed by atoms with Gasteiger partial charge in [0.2, 0.25) is 5.91 Å². The molecule has 3 aliphatic rings. The molecule has 2 spiro atoms. The van der Waals surface area contributed by atoms with E-state index in [9.17, 15) is 9.59 Å². The molecule has 3 aliphatic heterocycles. The highest BCUT2D eigenvalue weighted by Gasteiger charge is 2.64. The molecule has 1 unspecified atom stereocenters. The second-order valence-corrected chi connectivity index (χ2v) is 10.1. The summed E-state index contributed by atoms with van der Waals surface area (Å²) >= 11 is 0. The van der Waals surface area contributed by atoms with Gasteiger partial charge in [0.1, 0.15) is 0 Å². The predicted molar refractivity (Wildman–Crippen MR) is 128 cm³/mol. The zero-order valence-corrected chi connectivity index (χ0v) is 19.8. The van der Waals surface area contributed by atoms with Crippen molar-refractivity contribution in [2.75, 3.05) is 39.3 Å². The Morgan fingerprint density at radius 3 is 2.48 bits per heavy atom. The van der Waals surface area contributed by atoms with Crippen molar-refractivity contribution in [3.63, 3.8) is 0 Å². The fraction of sp³-hybridized carbons (Fsp3) is 0.519. The van der Waals surface area contributed by atoms with Crippen molar-refractivity contribution in [1.82, 2.24) is 19.7 Å². The minimum absolute atomic E-state index is 0.0707. The van der Waals surface area contributed by atoms with E-state index >= 15 is 0 Å². The number of hydrogen-bond acceptors (Lipinski definition) is 4. The molecule has 0 N–H and O–H groups in total. The van der Waals surface area contributed by atoms with Crippen molar-refractivity contribution in [1.29, 1.82) is 0 Å². The minimum Gasteiger partial charge on any atom is -0.342 e. The second kappa shape index (κ2) is 8.56. The number of aromatic nitrogens is 1. The van der Waals surface area contributed by atoms with Gasteiger partial charge in [0.25, 0.3) is 5.91 Å². The highest BCUT2D eigenvalue weighted by Crippen LogP contribution is 2.58. The Labute approximate surface area is 196 Å². The van der Waals surface area contributed by atoms with E-state index < -0.39 is 0 Å². The largest absolute Gasteiger partial charge is 0.342 e. The molecule has 33 heavy (non-hydrogen) atoms. The van der Waals surface area contributed by atoms with E-state index in [4.69, 9.17) is 0 Å².